The third kappa shape index (κ3) is 4.89. The van der Waals surface area contributed by atoms with E-state index in [1.54, 1.807) is 31.2 Å². The first kappa shape index (κ1) is 26.2. The molecule has 188 valence electrons. The van der Waals surface area contributed by atoms with Crippen LogP contribution >= 0.6 is 24.0 Å². The van der Waals surface area contributed by atoms with Gasteiger partial charge in [-0.3, -0.25) is 4.90 Å². The van der Waals surface area contributed by atoms with Gasteiger partial charge in [-0.25, -0.2) is 9.69 Å². The molecule has 5 rings (SSSR count). The number of benzene rings is 3. The summed E-state index contributed by atoms with van der Waals surface area (Å²) < 4.78 is 5.88. The Hall–Kier alpha value is -2.83. The Kier molecular flexibility index (Phi) is 7.76. The molecule has 2 heterocycles. The van der Waals surface area contributed by atoms with Gasteiger partial charge in [0.25, 0.3) is 0 Å². The molecule has 0 aliphatic carbocycles. The van der Waals surface area contributed by atoms with E-state index in [2.05, 4.69) is 59.5 Å². The molecule has 2 aliphatic heterocycles. The van der Waals surface area contributed by atoms with Crippen molar-refractivity contribution in [2.75, 3.05) is 24.5 Å². The van der Waals surface area contributed by atoms with E-state index in [0.717, 1.165) is 6.54 Å². The predicted octanol–water partition coefficient (Wildman–Crippen LogP) is 6.39. The van der Waals surface area contributed by atoms with Crippen LogP contribution in [0.15, 0.2) is 91.0 Å². The van der Waals surface area contributed by atoms with E-state index in [1.165, 1.54) is 21.6 Å². The van der Waals surface area contributed by atoms with E-state index in [-0.39, 0.29) is 12.4 Å². The van der Waals surface area contributed by atoms with Crippen LogP contribution in [0.3, 0.4) is 0 Å². The first-order valence-corrected chi connectivity index (χ1v) is 12.3. The zero-order valence-corrected chi connectivity index (χ0v) is 21.7. The second-order valence-electron chi connectivity index (χ2n) is 9.35. The molecular weight excluding hydrogens is 495 g/mol. The number of halogens is 2. The van der Waals surface area contributed by atoms with E-state index in [1.807, 2.05) is 12.1 Å². The Balaban J connectivity index is 0.00000304. The van der Waals surface area contributed by atoms with Crippen molar-refractivity contribution in [1.82, 2.24) is 4.90 Å². The molecule has 1 atom stereocenters. The molecule has 2 saturated heterocycles. The van der Waals surface area contributed by atoms with Crippen molar-refractivity contribution < 1.29 is 14.6 Å². The molecule has 0 aromatic heterocycles. The topological polar surface area (TPSA) is 53.0 Å². The van der Waals surface area contributed by atoms with Gasteiger partial charge in [-0.1, -0.05) is 78.3 Å². The van der Waals surface area contributed by atoms with Gasteiger partial charge in [0.2, 0.25) is 0 Å². The lowest BCUT2D eigenvalue weighted by atomic mass is 9.81. The number of likely N-dealkylation sites (tertiary alicyclic amines) is 1. The van der Waals surface area contributed by atoms with Crippen molar-refractivity contribution in [2.24, 2.45) is 0 Å². The molecule has 7 heteroatoms. The van der Waals surface area contributed by atoms with Gasteiger partial charge in [-0.15, -0.1) is 12.4 Å². The molecule has 1 amide bonds. The van der Waals surface area contributed by atoms with Crippen LogP contribution in [0, 0.1) is 0 Å². The van der Waals surface area contributed by atoms with Crippen LogP contribution in [0.25, 0.3) is 5.57 Å². The van der Waals surface area contributed by atoms with Crippen molar-refractivity contribution in [3.8, 4) is 0 Å². The Morgan fingerprint density at radius 1 is 0.944 bits per heavy atom. The summed E-state index contributed by atoms with van der Waals surface area (Å²) in [5, 5.41) is 12.1. The zero-order valence-electron chi connectivity index (χ0n) is 20.1. The van der Waals surface area contributed by atoms with Gasteiger partial charge < -0.3 is 9.84 Å². The zero-order chi connectivity index (χ0) is 24.5. The second-order valence-corrected chi connectivity index (χ2v) is 9.78. The summed E-state index contributed by atoms with van der Waals surface area (Å²) in [5.74, 6) is 0. The number of amides is 1. The van der Waals surface area contributed by atoms with Crippen molar-refractivity contribution in [1.29, 1.82) is 0 Å². The molecule has 1 N–H and O–H groups in total. The van der Waals surface area contributed by atoms with Gasteiger partial charge in [0, 0.05) is 37.5 Å². The highest BCUT2D eigenvalue weighted by Crippen LogP contribution is 2.46. The highest BCUT2D eigenvalue weighted by Gasteiger charge is 2.63. The van der Waals surface area contributed by atoms with Crippen LogP contribution in [-0.4, -0.2) is 47.1 Å². The molecule has 1 spiro atoms. The quantitative estimate of drug-likeness (QED) is 0.419. The molecule has 0 saturated carbocycles. The number of anilines is 1. The van der Waals surface area contributed by atoms with E-state index >= 15 is 0 Å². The molecule has 3 aromatic carbocycles. The van der Waals surface area contributed by atoms with Gasteiger partial charge in [-0.05, 0) is 47.9 Å². The molecule has 2 fully saturated rings. The minimum absolute atomic E-state index is 0. The van der Waals surface area contributed by atoms with Crippen molar-refractivity contribution in [3.05, 3.63) is 107 Å². The summed E-state index contributed by atoms with van der Waals surface area (Å²) in [6.07, 6.45) is 2.84. The van der Waals surface area contributed by atoms with Crippen LogP contribution < -0.4 is 4.90 Å². The summed E-state index contributed by atoms with van der Waals surface area (Å²) in [6, 6.07) is 27.7. The van der Waals surface area contributed by atoms with Crippen LogP contribution in [0.4, 0.5) is 10.5 Å². The van der Waals surface area contributed by atoms with Crippen LogP contribution in [-0.2, 0) is 4.74 Å². The SMILES string of the molecule is CC1(O)N(c2ccc(Cl)cc2)C(=O)OC12CCN(CC=C(c1ccccc1)c1ccccc1)CC2.Cl. The fourth-order valence-corrected chi connectivity index (χ4v) is 5.29. The molecule has 1 unspecified atom stereocenters. The minimum atomic E-state index is -1.46. The number of carbonyl (C=O) groups excluding carboxylic acids is 1. The first-order valence-electron chi connectivity index (χ1n) is 11.9. The third-order valence-corrected chi connectivity index (χ3v) is 7.49. The standard InChI is InChI=1S/C29H29ClN2O3.ClH/c1-28(34)29(35-27(33)32(28)25-14-12-24(30)13-15-25)17-20-31(21-18-29)19-16-26(22-8-4-2-5-9-22)23-10-6-3-7-11-23;/h2-16,34H,17-21H2,1H3;1H. The number of nitrogens with zero attached hydrogens (tertiary/aromatic N) is 2. The van der Waals surface area contributed by atoms with Gasteiger partial charge >= 0.3 is 6.09 Å². The fraction of sp³-hybridized carbons (Fsp3) is 0.276. The maximum atomic E-state index is 12.8. The van der Waals surface area contributed by atoms with Crippen molar-refractivity contribution >= 4 is 41.4 Å². The molecular formula is C29H30Cl2N2O3. The number of rotatable bonds is 5. The van der Waals surface area contributed by atoms with Gasteiger partial charge in [-0.2, -0.15) is 0 Å². The molecule has 0 bridgehead atoms. The van der Waals surface area contributed by atoms with E-state index < -0.39 is 17.4 Å². The number of hydrogen-bond donors (Lipinski definition) is 1. The Labute approximate surface area is 223 Å². The summed E-state index contributed by atoms with van der Waals surface area (Å²) in [7, 11) is 0. The largest absolute Gasteiger partial charge is 0.437 e. The Bertz CT molecular complexity index is 1160. The summed E-state index contributed by atoms with van der Waals surface area (Å²) >= 11 is 6.01. The Morgan fingerprint density at radius 3 is 2.00 bits per heavy atom. The Morgan fingerprint density at radius 2 is 1.47 bits per heavy atom. The highest BCUT2D eigenvalue weighted by molar-refractivity contribution is 6.30. The lowest BCUT2D eigenvalue weighted by molar-refractivity contribution is -0.124. The van der Waals surface area contributed by atoms with Gasteiger partial charge in [0.15, 0.2) is 11.3 Å². The smallest absolute Gasteiger partial charge is 0.417 e. The van der Waals surface area contributed by atoms with Crippen LogP contribution in [0.2, 0.25) is 5.02 Å². The number of ether oxygens (including phenoxy) is 1. The van der Waals surface area contributed by atoms with Crippen molar-refractivity contribution in [3.63, 3.8) is 0 Å². The van der Waals surface area contributed by atoms with Crippen molar-refractivity contribution in [2.45, 2.75) is 31.1 Å². The van der Waals surface area contributed by atoms with E-state index in [9.17, 15) is 9.90 Å². The highest BCUT2D eigenvalue weighted by atomic mass is 35.5. The lowest BCUT2D eigenvalue weighted by Gasteiger charge is -2.44. The maximum absolute atomic E-state index is 12.8. The van der Waals surface area contributed by atoms with Crippen LogP contribution in [0.1, 0.15) is 30.9 Å². The minimum Gasteiger partial charge on any atom is -0.437 e. The normalized spacial score (nSPS) is 21.1. The van der Waals surface area contributed by atoms with E-state index in [0.29, 0.717) is 36.6 Å². The molecule has 36 heavy (non-hydrogen) atoms. The number of hydrogen-bond acceptors (Lipinski definition) is 4. The molecule has 3 aromatic rings. The summed E-state index contributed by atoms with van der Waals surface area (Å²) in [4.78, 5) is 16.5. The lowest BCUT2D eigenvalue weighted by Crippen LogP contribution is -2.60. The second kappa shape index (κ2) is 10.7. The summed E-state index contributed by atoms with van der Waals surface area (Å²) in [5.41, 5.74) is 1.71. The number of carbonyl (C=O) groups is 1. The average molecular weight is 525 g/mol. The monoisotopic (exact) mass is 524 g/mol. The van der Waals surface area contributed by atoms with Crippen LogP contribution in [0.5, 0.6) is 0 Å². The number of aliphatic hydroxyl groups is 1. The van der Waals surface area contributed by atoms with E-state index in [4.69, 9.17) is 16.3 Å². The average Bonchev–Trinajstić information content (AvgIpc) is 3.06. The summed E-state index contributed by atoms with van der Waals surface area (Å²) in [6.45, 7) is 3.87. The first-order chi connectivity index (χ1) is 16.9. The number of piperidine rings is 1. The molecule has 5 nitrogen and oxygen atoms in total. The van der Waals surface area contributed by atoms with Gasteiger partial charge in [0.1, 0.15) is 0 Å². The molecule has 2 aliphatic rings. The van der Waals surface area contributed by atoms with Gasteiger partial charge in [0.05, 0.1) is 5.69 Å². The fourth-order valence-electron chi connectivity index (χ4n) is 5.17. The molecule has 0 radical (unpaired) electrons. The third-order valence-electron chi connectivity index (χ3n) is 7.24. The maximum Gasteiger partial charge on any atom is 0.417 e. The predicted molar refractivity (Wildman–Crippen MR) is 147 cm³/mol.